The van der Waals surface area contributed by atoms with Gasteiger partial charge in [0, 0.05) is 16.1 Å². The summed E-state index contributed by atoms with van der Waals surface area (Å²) in [6, 6.07) is 15.7. The van der Waals surface area contributed by atoms with Crippen molar-refractivity contribution in [3.8, 4) is 11.4 Å². The topological polar surface area (TPSA) is 64.9 Å². The Labute approximate surface area is 127 Å². The van der Waals surface area contributed by atoms with Crippen molar-refractivity contribution in [1.82, 2.24) is 10.1 Å². The lowest BCUT2D eigenvalue weighted by Crippen LogP contribution is -1.88. The van der Waals surface area contributed by atoms with Crippen LogP contribution in [0.25, 0.3) is 11.4 Å². The number of nitrogens with zero attached hydrogens (tertiary/aromatic N) is 2. The average molecular weight is 297 g/mol. The Bertz CT molecular complexity index is 740. The molecular weight excluding hydrogens is 282 g/mol. The van der Waals surface area contributed by atoms with E-state index in [0.717, 1.165) is 16.1 Å². The molecule has 2 aromatic carbocycles. The third-order valence-electron chi connectivity index (χ3n) is 3.06. The first-order chi connectivity index (χ1) is 10.2. The SMILES string of the molecule is Cc1ccc(N)cc1SCc1nc(-c2ccccc2)no1. The standard InChI is InChI=1S/C16H15N3OS/c1-11-7-8-13(17)9-14(11)21-10-15-18-16(19-20-15)12-5-3-2-4-6-12/h2-9H,10,17H2,1H3. The molecule has 0 amide bonds. The molecule has 0 aliphatic carbocycles. The van der Waals surface area contributed by atoms with Gasteiger partial charge in [-0.3, -0.25) is 0 Å². The van der Waals surface area contributed by atoms with E-state index in [-0.39, 0.29) is 0 Å². The molecule has 21 heavy (non-hydrogen) atoms. The van der Waals surface area contributed by atoms with E-state index in [1.54, 1.807) is 11.8 Å². The number of nitrogens with two attached hydrogens (primary N) is 1. The van der Waals surface area contributed by atoms with Crippen LogP contribution < -0.4 is 5.73 Å². The average Bonchev–Trinajstić information content (AvgIpc) is 2.98. The zero-order valence-electron chi connectivity index (χ0n) is 11.6. The molecule has 1 aromatic heterocycles. The summed E-state index contributed by atoms with van der Waals surface area (Å²) in [5.74, 6) is 1.86. The van der Waals surface area contributed by atoms with E-state index in [4.69, 9.17) is 10.3 Å². The van der Waals surface area contributed by atoms with Gasteiger partial charge in [-0.05, 0) is 24.6 Å². The fourth-order valence-corrected chi connectivity index (χ4v) is 2.84. The number of aromatic nitrogens is 2. The van der Waals surface area contributed by atoms with Crippen LogP contribution in [0.2, 0.25) is 0 Å². The normalized spacial score (nSPS) is 10.7. The summed E-state index contributed by atoms with van der Waals surface area (Å²) in [6.45, 7) is 2.06. The highest BCUT2D eigenvalue weighted by atomic mass is 32.2. The van der Waals surface area contributed by atoms with Gasteiger partial charge < -0.3 is 10.3 Å². The van der Waals surface area contributed by atoms with Crippen molar-refractivity contribution in [2.45, 2.75) is 17.6 Å². The van der Waals surface area contributed by atoms with E-state index < -0.39 is 0 Å². The van der Waals surface area contributed by atoms with Crippen molar-refractivity contribution < 1.29 is 4.52 Å². The van der Waals surface area contributed by atoms with Crippen LogP contribution in [0.15, 0.2) is 57.9 Å². The van der Waals surface area contributed by atoms with Crippen LogP contribution in [0, 0.1) is 6.92 Å². The Morgan fingerprint density at radius 3 is 2.76 bits per heavy atom. The van der Waals surface area contributed by atoms with Gasteiger partial charge in [-0.15, -0.1) is 11.8 Å². The molecule has 0 fully saturated rings. The van der Waals surface area contributed by atoms with E-state index >= 15 is 0 Å². The maximum absolute atomic E-state index is 5.81. The molecule has 0 aliphatic heterocycles. The minimum absolute atomic E-state index is 0.612. The molecule has 0 radical (unpaired) electrons. The third kappa shape index (κ3) is 3.25. The van der Waals surface area contributed by atoms with Gasteiger partial charge in [-0.1, -0.05) is 41.6 Å². The monoisotopic (exact) mass is 297 g/mol. The van der Waals surface area contributed by atoms with Crippen LogP contribution in [0.3, 0.4) is 0 Å². The van der Waals surface area contributed by atoms with E-state index in [9.17, 15) is 0 Å². The molecule has 106 valence electrons. The quantitative estimate of drug-likeness (QED) is 0.584. The van der Waals surface area contributed by atoms with Crippen LogP contribution in [0.5, 0.6) is 0 Å². The summed E-state index contributed by atoms with van der Waals surface area (Å²) >= 11 is 1.65. The number of anilines is 1. The second-order valence-corrected chi connectivity index (χ2v) is 5.71. The molecule has 4 nitrogen and oxygen atoms in total. The van der Waals surface area contributed by atoms with Crippen molar-refractivity contribution in [2.24, 2.45) is 0 Å². The van der Waals surface area contributed by atoms with E-state index in [2.05, 4.69) is 17.1 Å². The van der Waals surface area contributed by atoms with Crippen LogP contribution >= 0.6 is 11.8 Å². The minimum Gasteiger partial charge on any atom is -0.399 e. The molecule has 2 N–H and O–H groups in total. The highest BCUT2D eigenvalue weighted by Gasteiger charge is 2.09. The number of hydrogen-bond acceptors (Lipinski definition) is 5. The lowest BCUT2D eigenvalue weighted by Gasteiger charge is -2.04. The van der Waals surface area contributed by atoms with Crippen LogP contribution in [-0.4, -0.2) is 10.1 Å². The summed E-state index contributed by atoms with van der Waals surface area (Å²) in [7, 11) is 0. The highest BCUT2D eigenvalue weighted by Crippen LogP contribution is 2.28. The fourth-order valence-electron chi connectivity index (χ4n) is 1.93. The van der Waals surface area contributed by atoms with Crippen molar-refractivity contribution in [2.75, 3.05) is 5.73 Å². The minimum atomic E-state index is 0.612. The Kier molecular flexibility index (Phi) is 3.92. The Balaban J connectivity index is 1.72. The first kappa shape index (κ1) is 13.7. The second kappa shape index (κ2) is 6.01. The molecule has 0 saturated heterocycles. The van der Waals surface area contributed by atoms with Crippen LogP contribution in [0.1, 0.15) is 11.5 Å². The Morgan fingerprint density at radius 1 is 1.14 bits per heavy atom. The number of aryl methyl sites for hydroxylation is 1. The summed E-state index contributed by atoms with van der Waals surface area (Å²) in [5, 5.41) is 4.01. The molecule has 0 atom stereocenters. The van der Waals surface area contributed by atoms with Gasteiger partial charge >= 0.3 is 0 Å². The first-order valence-electron chi connectivity index (χ1n) is 6.59. The molecular formula is C16H15N3OS. The van der Waals surface area contributed by atoms with Gasteiger partial charge in [0.2, 0.25) is 11.7 Å². The van der Waals surface area contributed by atoms with Crippen molar-refractivity contribution >= 4 is 17.4 Å². The maximum Gasteiger partial charge on any atom is 0.237 e. The third-order valence-corrected chi connectivity index (χ3v) is 4.21. The van der Waals surface area contributed by atoms with Crippen molar-refractivity contribution in [3.63, 3.8) is 0 Å². The highest BCUT2D eigenvalue weighted by molar-refractivity contribution is 7.98. The molecule has 3 aromatic rings. The van der Waals surface area contributed by atoms with E-state index in [1.165, 1.54) is 5.56 Å². The predicted molar refractivity (Wildman–Crippen MR) is 84.9 cm³/mol. The molecule has 0 bridgehead atoms. The van der Waals surface area contributed by atoms with E-state index in [1.807, 2.05) is 48.5 Å². The van der Waals surface area contributed by atoms with Gasteiger partial charge in [-0.25, -0.2) is 0 Å². The fraction of sp³-hybridized carbons (Fsp3) is 0.125. The van der Waals surface area contributed by atoms with Gasteiger partial charge in [0.15, 0.2) is 0 Å². The molecule has 0 saturated carbocycles. The number of hydrogen-bond donors (Lipinski definition) is 1. The predicted octanol–water partition coefficient (Wildman–Crippen LogP) is 3.92. The molecule has 3 rings (SSSR count). The molecule has 1 heterocycles. The largest absolute Gasteiger partial charge is 0.399 e. The molecule has 0 unspecified atom stereocenters. The van der Waals surface area contributed by atoms with Gasteiger partial charge in [0.05, 0.1) is 5.75 Å². The molecule has 5 heteroatoms. The molecule has 0 aliphatic rings. The zero-order chi connectivity index (χ0) is 14.7. The zero-order valence-corrected chi connectivity index (χ0v) is 12.4. The smallest absolute Gasteiger partial charge is 0.237 e. The van der Waals surface area contributed by atoms with Gasteiger partial charge in [0.1, 0.15) is 0 Å². The summed E-state index contributed by atoms with van der Waals surface area (Å²) in [5.41, 5.74) is 8.72. The summed E-state index contributed by atoms with van der Waals surface area (Å²) < 4.78 is 5.30. The summed E-state index contributed by atoms with van der Waals surface area (Å²) in [6.07, 6.45) is 0. The summed E-state index contributed by atoms with van der Waals surface area (Å²) in [4.78, 5) is 5.55. The molecule has 0 spiro atoms. The van der Waals surface area contributed by atoms with Gasteiger partial charge in [-0.2, -0.15) is 4.98 Å². The van der Waals surface area contributed by atoms with Gasteiger partial charge in [0.25, 0.3) is 0 Å². The van der Waals surface area contributed by atoms with E-state index in [0.29, 0.717) is 17.5 Å². The first-order valence-corrected chi connectivity index (χ1v) is 7.58. The second-order valence-electron chi connectivity index (χ2n) is 4.69. The maximum atomic E-state index is 5.81. The number of thioether (sulfide) groups is 1. The lowest BCUT2D eigenvalue weighted by atomic mass is 10.2. The van der Waals surface area contributed by atoms with Crippen molar-refractivity contribution in [3.05, 3.63) is 60.0 Å². The van der Waals surface area contributed by atoms with Crippen LogP contribution in [0.4, 0.5) is 5.69 Å². The number of benzene rings is 2. The van der Waals surface area contributed by atoms with Crippen molar-refractivity contribution in [1.29, 1.82) is 0 Å². The number of nitrogen functional groups attached to an aromatic ring is 1. The Morgan fingerprint density at radius 2 is 1.95 bits per heavy atom. The number of rotatable bonds is 4. The van der Waals surface area contributed by atoms with Crippen LogP contribution in [-0.2, 0) is 5.75 Å². The lowest BCUT2D eigenvalue weighted by molar-refractivity contribution is 0.391. The Hall–Kier alpha value is -2.27.